The highest BCUT2D eigenvalue weighted by molar-refractivity contribution is 7.89. The second kappa shape index (κ2) is 9.80. The highest BCUT2D eigenvalue weighted by Crippen LogP contribution is 2.24. The van der Waals surface area contributed by atoms with Crippen LogP contribution in [-0.4, -0.2) is 47.2 Å². The van der Waals surface area contributed by atoms with Crippen LogP contribution in [0.15, 0.2) is 47.4 Å². The number of carbonyl (C=O) groups excluding carboxylic acids is 1. The molecule has 1 saturated heterocycles. The highest BCUT2D eigenvalue weighted by atomic mass is 32.2. The predicted molar refractivity (Wildman–Crippen MR) is 121 cm³/mol. The lowest BCUT2D eigenvalue weighted by Crippen LogP contribution is -2.36. The van der Waals surface area contributed by atoms with Crippen LogP contribution in [0, 0.1) is 0 Å². The number of rotatable bonds is 7. The summed E-state index contributed by atoms with van der Waals surface area (Å²) in [5.41, 5.74) is 4.15. The van der Waals surface area contributed by atoms with E-state index in [2.05, 4.69) is 14.9 Å². The minimum absolute atomic E-state index is 0.0527. The van der Waals surface area contributed by atoms with Gasteiger partial charge in [-0.1, -0.05) is 6.07 Å². The molecule has 1 amide bonds. The maximum absolute atomic E-state index is 12.6. The Kier molecular flexibility index (Phi) is 6.89. The Bertz CT molecular complexity index is 1020. The Hall–Kier alpha value is -2.42. The number of hydrogen-bond acceptors (Lipinski definition) is 5. The molecule has 2 N–H and O–H groups in total. The fraction of sp³-hybridized carbons (Fsp3) is 0.435. The van der Waals surface area contributed by atoms with Crippen LogP contribution in [-0.2, 0) is 32.4 Å². The van der Waals surface area contributed by atoms with E-state index in [-0.39, 0.29) is 23.8 Å². The van der Waals surface area contributed by atoms with Gasteiger partial charge in [-0.25, -0.2) is 13.1 Å². The van der Waals surface area contributed by atoms with Crippen molar-refractivity contribution >= 4 is 27.3 Å². The minimum Gasteiger partial charge on any atom is -0.378 e. The molecule has 2 aliphatic rings. The Labute approximate surface area is 183 Å². The summed E-state index contributed by atoms with van der Waals surface area (Å²) in [6.07, 6.45) is 4.25. The summed E-state index contributed by atoms with van der Waals surface area (Å²) in [6.45, 7) is 3.21. The third-order valence-electron chi connectivity index (χ3n) is 5.80. The van der Waals surface area contributed by atoms with Crippen molar-refractivity contribution < 1.29 is 17.9 Å². The molecular weight excluding hydrogens is 414 g/mol. The molecule has 1 fully saturated rings. The van der Waals surface area contributed by atoms with Gasteiger partial charge < -0.3 is 15.0 Å². The molecule has 8 heteroatoms. The molecule has 0 saturated carbocycles. The summed E-state index contributed by atoms with van der Waals surface area (Å²) in [5, 5.41) is 2.82. The number of aryl methyl sites for hydroxylation is 2. The summed E-state index contributed by atoms with van der Waals surface area (Å²) < 4.78 is 33.1. The van der Waals surface area contributed by atoms with Crippen LogP contribution in [0.1, 0.15) is 30.4 Å². The molecule has 1 aliphatic carbocycles. The van der Waals surface area contributed by atoms with Gasteiger partial charge in [-0.2, -0.15) is 0 Å². The molecule has 166 valence electrons. The Morgan fingerprint density at radius 3 is 2.42 bits per heavy atom. The van der Waals surface area contributed by atoms with E-state index in [1.165, 1.54) is 5.56 Å². The first-order valence-corrected chi connectivity index (χ1v) is 12.3. The SMILES string of the molecule is O=C(CCNS(=O)(=O)c1ccc2c(c1)CCCC2)Nc1ccc(N2CCOCC2)cc1. The number of nitrogens with one attached hydrogen (secondary N) is 2. The van der Waals surface area contributed by atoms with Gasteiger partial charge in [-0.05, 0) is 73.2 Å². The van der Waals surface area contributed by atoms with E-state index in [4.69, 9.17) is 4.74 Å². The molecule has 2 aromatic rings. The van der Waals surface area contributed by atoms with Gasteiger partial charge in [0.25, 0.3) is 0 Å². The number of carbonyl (C=O) groups is 1. The first-order valence-electron chi connectivity index (χ1n) is 10.9. The number of benzene rings is 2. The van der Waals surface area contributed by atoms with Gasteiger partial charge in [0.1, 0.15) is 0 Å². The van der Waals surface area contributed by atoms with Gasteiger partial charge in [0, 0.05) is 37.4 Å². The van der Waals surface area contributed by atoms with Crippen LogP contribution < -0.4 is 14.9 Å². The Morgan fingerprint density at radius 2 is 1.68 bits per heavy atom. The fourth-order valence-electron chi connectivity index (χ4n) is 4.06. The van der Waals surface area contributed by atoms with E-state index in [9.17, 15) is 13.2 Å². The van der Waals surface area contributed by atoms with Crippen molar-refractivity contribution in [3.05, 3.63) is 53.6 Å². The van der Waals surface area contributed by atoms with E-state index < -0.39 is 10.0 Å². The summed E-state index contributed by atoms with van der Waals surface area (Å²) in [4.78, 5) is 14.8. The number of ether oxygens (including phenoxy) is 1. The van der Waals surface area contributed by atoms with Crippen molar-refractivity contribution in [3.8, 4) is 0 Å². The maximum atomic E-state index is 12.6. The molecule has 0 radical (unpaired) electrons. The standard InChI is InChI=1S/C23H29N3O4S/c27-23(25-20-6-8-21(9-7-20)26-13-15-30-16-14-26)11-12-24-31(28,29)22-10-5-18-3-1-2-4-19(18)17-22/h5-10,17,24H,1-4,11-16H2,(H,25,27). The molecule has 31 heavy (non-hydrogen) atoms. The number of hydrogen-bond donors (Lipinski definition) is 2. The van der Waals surface area contributed by atoms with Crippen molar-refractivity contribution in [1.29, 1.82) is 0 Å². The normalized spacial score (nSPS) is 16.6. The fourth-order valence-corrected chi connectivity index (χ4v) is 5.14. The molecule has 4 rings (SSSR count). The van der Waals surface area contributed by atoms with Gasteiger partial charge in [0.15, 0.2) is 0 Å². The second-order valence-corrected chi connectivity index (χ2v) is 9.75. The first kappa shape index (κ1) is 21.8. The lowest BCUT2D eigenvalue weighted by molar-refractivity contribution is -0.116. The number of sulfonamides is 1. The zero-order chi connectivity index (χ0) is 21.7. The summed E-state index contributed by atoms with van der Waals surface area (Å²) in [7, 11) is -3.63. The van der Waals surface area contributed by atoms with Crippen molar-refractivity contribution in [2.45, 2.75) is 37.0 Å². The van der Waals surface area contributed by atoms with E-state index >= 15 is 0 Å². The van der Waals surface area contributed by atoms with Crippen LogP contribution in [0.25, 0.3) is 0 Å². The topological polar surface area (TPSA) is 87.7 Å². The molecule has 1 heterocycles. The summed E-state index contributed by atoms with van der Waals surface area (Å²) in [6, 6.07) is 13.0. The van der Waals surface area contributed by atoms with Crippen LogP contribution in [0.3, 0.4) is 0 Å². The zero-order valence-corrected chi connectivity index (χ0v) is 18.4. The molecule has 0 bridgehead atoms. The Morgan fingerprint density at radius 1 is 0.968 bits per heavy atom. The van der Waals surface area contributed by atoms with Crippen LogP contribution >= 0.6 is 0 Å². The monoisotopic (exact) mass is 443 g/mol. The van der Waals surface area contributed by atoms with Crippen molar-refractivity contribution in [3.63, 3.8) is 0 Å². The van der Waals surface area contributed by atoms with Gasteiger partial charge in [0.05, 0.1) is 18.1 Å². The number of morpholine rings is 1. The summed E-state index contributed by atoms with van der Waals surface area (Å²) >= 11 is 0. The average molecular weight is 444 g/mol. The van der Waals surface area contributed by atoms with Gasteiger partial charge in [0.2, 0.25) is 15.9 Å². The highest BCUT2D eigenvalue weighted by Gasteiger charge is 2.18. The van der Waals surface area contributed by atoms with Gasteiger partial charge >= 0.3 is 0 Å². The number of anilines is 2. The second-order valence-electron chi connectivity index (χ2n) is 7.98. The lowest BCUT2D eigenvalue weighted by Gasteiger charge is -2.28. The predicted octanol–water partition coefficient (Wildman–Crippen LogP) is 2.71. The maximum Gasteiger partial charge on any atom is 0.240 e. The number of nitrogens with zero attached hydrogens (tertiary/aromatic N) is 1. The van der Waals surface area contributed by atoms with Crippen molar-refractivity contribution in [1.82, 2.24) is 4.72 Å². The molecule has 0 atom stereocenters. The molecule has 7 nitrogen and oxygen atoms in total. The third kappa shape index (κ3) is 5.64. The van der Waals surface area contributed by atoms with E-state index in [0.717, 1.165) is 63.2 Å². The molecule has 2 aromatic carbocycles. The lowest BCUT2D eigenvalue weighted by atomic mass is 9.92. The molecular formula is C23H29N3O4S. The molecule has 1 aliphatic heterocycles. The zero-order valence-electron chi connectivity index (χ0n) is 17.6. The first-order chi connectivity index (χ1) is 15.0. The van der Waals surface area contributed by atoms with Crippen molar-refractivity contribution in [2.75, 3.05) is 43.1 Å². The summed E-state index contributed by atoms with van der Waals surface area (Å²) in [5.74, 6) is -0.229. The molecule has 0 spiro atoms. The minimum atomic E-state index is -3.63. The Balaban J connectivity index is 1.27. The van der Waals surface area contributed by atoms with Crippen LogP contribution in [0.4, 0.5) is 11.4 Å². The van der Waals surface area contributed by atoms with Crippen LogP contribution in [0.2, 0.25) is 0 Å². The largest absolute Gasteiger partial charge is 0.378 e. The molecule has 0 unspecified atom stereocenters. The van der Waals surface area contributed by atoms with E-state index in [1.54, 1.807) is 12.1 Å². The smallest absolute Gasteiger partial charge is 0.240 e. The average Bonchev–Trinajstić information content (AvgIpc) is 2.79. The van der Waals surface area contributed by atoms with Gasteiger partial charge in [-0.15, -0.1) is 0 Å². The quantitative estimate of drug-likeness (QED) is 0.687. The third-order valence-corrected chi connectivity index (χ3v) is 7.26. The molecule has 0 aromatic heterocycles. The number of fused-ring (bicyclic) bond motifs is 1. The van der Waals surface area contributed by atoms with E-state index in [1.807, 2.05) is 30.3 Å². The van der Waals surface area contributed by atoms with Crippen molar-refractivity contribution in [2.24, 2.45) is 0 Å². The van der Waals surface area contributed by atoms with Gasteiger partial charge in [-0.3, -0.25) is 4.79 Å². The van der Waals surface area contributed by atoms with E-state index in [0.29, 0.717) is 5.69 Å². The van der Waals surface area contributed by atoms with Crippen LogP contribution in [0.5, 0.6) is 0 Å². The number of amides is 1.